The average molecular weight is 373 g/mol. The van der Waals surface area contributed by atoms with Gasteiger partial charge in [-0.3, -0.25) is 19.3 Å². The van der Waals surface area contributed by atoms with Crippen molar-refractivity contribution in [2.45, 2.75) is 32.8 Å². The van der Waals surface area contributed by atoms with Gasteiger partial charge < -0.3 is 10.1 Å². The molecular weight excluding hydrogens is 354 g/mol. The van der Waals surface area contributed by atoms with Gasteiger partial charge in [0.25, 0.3) is 5.91 Å². The van der Waals surface area contributed by atoms with Crippen molar-refractivity contribution in [1.29, 1.82) is 0 Å². The van der Waals surface area contributed by atoms with Crippen LogP contribution in [0.3, 0.4) is 0 Å². The van der Waals surface area contributed by atoms with Crippen LogP contribution in [0, 0.1) is 0 Å². The van der Waals surface area contributed by atoms with Gasteiger partial charge in [0, 0.05) is 23.6 Å². The summed E-state index contributed by atoms with van der Waals surface area (Å²) >= 11 is 1.30. The van der Waals surface area contributed by atoms with Gasteiger partial charge in [-0.2, -0.15) is 0 Å². The Labute approximate surface area is 155 Å². The Morgan fingerprint density at radius 1 is 1.38 bits per heavy atom. The second-order valence-corrected chi connectivity index (χ2v) is 6.82. The van der Waals surface area contributed by atoms with Crippen LogP contribution in [0.4, 0.5) is 10.8 Å². The quantitative estimate of drug-likeness (QED) is 0.787. The fourth-order valence-corrected chi connectivity index (χ4v) is 3.25. The van der Waals surface area contributed by atoms with E-state index in [0.717, 1.165) is 6.42 Å². The molecule has 0 saturated heterocycles. The van der Waals surface area contributed by atoms with E-state index in [1.54, 1.807) is 36.7 Å². The van der Waals surface area contributed by atoms with Crippen molar-refractivity contribution in [1.82, 2.24) is 4.98 Å². The lowest BCUT2D eigenvalue weighted by Crippen LogP contribution is -2.47. The molecule has 3 rings (SSSR count). The van der Waals surface area contributed by atoms with E-state index in [0.29, 0.717) is 28.6 Å². The SMILES string of the molecule is CCCC(=O)c1ccc2c(c1)N(CC(=O)Nc1nccs1)C(=O)C(C)O2. The number of anilines is 2. The number of Topliss-reactive ketones (excluding diaryl/α,β-unsaturated/α-hetero) is 1. The fraction of sp³-hybridized carbons (Fsp3) is 0.333. The van der Waals surface area contributed by atoms with Crippen molar-refractivity contribution in [3.8, 4) is 5.75 Å². The molecule has 2 heterocycles. The highest BCUT2D eigenvalue weighted by Gasteiger charge is 2.33. The van der Waals surface area contributed by atoms with Crippen LogP contribution >= 0.6 is 11.3 Å². The first kappa shape index (κ1) is 18.1. The topological polar surface area (TPSA) is 88.6 Å². The van der Waals surface area contributed by atoms with Crippen LogP contribution in [0.1, 0.15) is 37.0 Å². The first-order valence-corrected chi connectivity index (χ1v) is 9.22. The molecule has 0 spiro atoms. The molecule has 1 N–H and O–H groups in total. The van der Waals surface area contributed by atoms with Gasteiger partial charge in [0.05, 0.1) is 5.69 Å². The molecule has 136 valence electrons. The number of aromatic nitrogens is 1. The van der Waals surface area contributed by atoms with E-state index >= 15 is 0 Å². The van der Waals surface area contributed by atoms with E-state index in [4.69, 9.17) is 4.74 Å². The summed E-state index contributed by atoms with van der Waals surface area (Å²) in [7, 11) is 0. The normalized spacial score (nSPS) is 16.0. The lowest BCUT2D eigenvalue weighted by molar-refractivity contribution is -0.127. The molecular formula is C18H19N3O4S. The summed E-state index contributed by atoms with van der Waals surface area (Å²) in [6, 6.07) is 4.98. The summed E-state index contributed by atoms with van der Waals surface area (Å²) in [5.41, 5.74) is 0.936. The first-order valence-electron chi connectivity index (χ1n) is 8.34. The molecule has 1 aliphatic heterocycles. The van der Waals surface area contributed by atoms with Gasteiger partial charge in [-0.1, -0.05) is 6.92 Å². The van der Waals surface area contributed by atoms with Crippen LogP contribution in [-0.2, 0) is 9.59 Å². The predicted molar refractivity (Wildman–Crippen MR) is 98.9 cm³/mol. The molecule has 1 aromatic carbocycles. The standard InChI is InChI=1S/C18H19N3O4S/c1-3-4-14(22)12-5-6-15-13(9-12)21(17(24)11(2)25-15)10-16(23)20-18-19-7-8-26-18/h5-9,11H,3-4,10H2,1-2H3,(H,19,20,23). The molecule has 8 heteroatoms. The zero-order valence-electron chi connectivity index (χ0n) is 14.5. The van der Waals surface area contributed by atoms with Crippen LogP contribution in [0.25, 0.3) is 0 Å². The van der Waals surface area contributed by atoms with Gasteiger partial charge >= 0.3 is 0 Å². The van der Waals surface area contributed by atoms with E-state index in [9.17, 15) is 14.4 Å². The predicted octanol–water partition coefficient (Wildman–Crippen LogP) is 2.88. The molecule has 0 fully saturated rings. The Hall–Kier alpha value is -2.74. The Balaban J connectivity index is 1.87. The maximum absolute atomic E-state index is 12.6. The average Bonchev–Trinajstić information content (AvgIpc) is 3.11. The summed E-state index contributed by atoms with van der Waals surface area (Å²) < 4.78 is 5.61. The molecule has 0 bridgehead atoms. The molecule has 7 nitrogen and oxygen atoms in total. The van der Waals surface area contributed by atoms with Crippen molar-refractivity contribution in [3.05, 3.63) is 35.3 Å². The van der Waals surface area contributed by atoms with Crippen molar-refractivity contribution >= 4 is 39.8 Å². The molecule has 1 aliphatic rings. The second-order valence-electron chi connectivity index (χ2n) is 5.93. The number of nitrogens with one attached hydrogen (secondary N) is 1. The molecule has 1 aromatic heterocycles. The minimum absolute atomic E-state index is 0.00596. The Morgan fingerprint density at radius 3 is 2.88 bits per heavy atom. The maximum Gasteiger partial charge on any atom is 0.268 e. The van der Waals surface area contributed by atoms with Gasteiger partial charge in [-0.15, -0.1) is 11.3 Å². The van der Waals surface area contributed by atoms with Crippen molar-refractivity contribution in [2.75, 3.05) is 16.8 Å². The molecule has 0 aliphatic carbocycles. The highest BCUT2D eigenvalue weighted by atomic mass is 32.1. The lowest BCUT2D eigenvalue weighted by atomic mass is 10.0. The van der Waals surface area contributed by atoms with Gasteiger partial charge in [0.1, 0.15) is 12.3 Å². The number of ether oxygens (including phenoxy) is 1. The Kier molecular flexibility index (Phi) is 5.32. The molecule has 0 radical (unpaired) electrons. The number of hydrogen-bond donors (Lipinski definition) is 1. The van der Waals surface area contributed by atoms with Crippen molar-refractivity contribution < 1.29 is 19.1 Å². The maximum atomic E-state index is 12.6. The number of rotatable bonds is 6. The number of fused-ring (bicyclic) bond motifs is 1. The smallest absolute Gasteiger partial charge is 0.268 e. The van der Waals surface area contributed by atoms with Crippen LogP contribution in [0.2, 0.25) is 0 Å². The number of ketones is 1. The van der Waals surface area contributed by atoms with Gasteiger partial charge in [0.15, 0.2) is 17.0 Å². The summed E-state index contributed by atoms with van der Waals surface area (Å²) in [6.45, 7) is 3.39. The number of carbonyl (C=O) groups excluding carboxylic acids is 3. The van der Waals surface area contributed by atoms with Crippen LogP contribution in [-0.4, -0.2) is 35.2 Å². The zero-order chi connectivity index (χ0) is 18.7. The molecule has 2 amide bonds. The summed E-state index contributed by atoms with van der Waals surface area (Å²) in [5.74, 6) is -0.216. The second kappa shape index (κ2) is 7.65. The van der Waals surface area contributed by atoms with E-state index in [1.807, 2.05) is 6.92 Å². The minimum Gasteiger partial charge on any atom is -0.479 e. The first-order chi connectivity index (χ1) is 12.5. The Morgan fingerprint density at radius 2 is 2.19 bits per heavy atom. The number of benzene rings is 1. The minimum atomic E-state index is -0.702. The molecule has 1 atom stereocenters. The van der Waals surface area contributed by atoms with E-state index in [2.05, 4.69) is 10.3 Å². The lowest BCUT2D eigenvalue weighted by Gasteiger charge is -2.32. The van der Waals surface area contributed by atoms with Gasteiger partial charge in [-0.25, -0.2) is 4.98 Å². The van der Waals surface area contributed by atoms with Gasteiger partial charge in [0.2, 0.25) is 5.91 Å². The van der Waals surface area contributed by atoms with Crippen molar-refractivity contribution in [3.63, 3.8) is 0 Å². The number of thiazole rings is 1. The van der Waals surface area contributed by atoms with E-state index in [-0.39, 0.29) is 24.1 Å². The van der Waals surface area contributed by atoms with Crippen molar-refractivity contribution in [2.24, 2.45) is 0 Å². The number of nitrogens with zero attached hydrogens (tertiary/aromatic N) is 2. The fourth-order valence-electron chi connectivity index (χ4n) is 2.70. The van der Waals surface area contributed by atoms with Crippen LogP contribution in [0.5, 0.6) is 5.75 Å². The van der Waals surface area contributed by atoms with Crippen LogP contribution in [0.15, 0.2) is 29.8 Å². The molecule has 0 saturated carbocycles. The van der Waals surface area contributed by atoms with E-state index in [1.165, 1.54) is 16.2 Å². The third-order valence-electron chi connectivity index (χ3n) is 3.95. The summed E-state index contributed by atoms with van der Waals surface area (Å²) in [4.78, 5) is 42.4. The van der Waals surface area contributed by atoms with Crippen LogP contribution < -0.4 is 15.0 Å². The highest BCUT2D eigenvalue weighted by Crippen LogP contribution is 2.35. The highest BCUT2D eigenvalue weighted by molar-refractivity contribution is 7.13. The third-order valence-corrected chi connectivity index (χ3v) is 4.64. The third kappa shape index (κ3) is 3.75. The monoisotopic (exact) mass is 373 g/mol. The zero-order valence-corrected chi connectivity index (χ0v) is 15.3. The Bertz CT molecular complexity index is 835. The molecule has 26 heavy (non-hydrogen) atoms. The summed E-state index contributed by atoms with van der Waals surface area (Å²) in [5, 5.41) is 4.88. The summed E-state index contributed by atoms with van der Waals surface area (Å²) in [6.07, 6.45) is 2.05. The van der Waals surface area contributed by atoms with E-state index < -0.39 is 6.10 Å². The molecule has 2 aromatic rings. The number of amides is 2. The number of carbonyl (C=O) groups is 3. The molecule has 1 unspecified atom stereocenters. The number of hydrogen-bond acceptors (Lipinski definition) is 6. The van der Waals surface area contributed by atoms with Gasteiger partial charge in [-0.05, 0) is 31.5 Å². The largest absolute Gasteiger partial charge is 0.479 e.